The molecule has 0 radical (unpaired) electrons. The minimum Gasteiger partial charge on any atom is -0.497 e. The Bertz CT molecular complexity index is 912. The lowest BCUT2D eigenvalue weighted by Crippen LogP contribution is -2.46. The lowest BCUT2D eigenvalue weighted by molar-refractivity contribution is 0.246. The molecule has 2 aromatic heterocycles. The fourth-order valence-electron chi connectivity index (χ4n) is 3.37. The van der Waals surface area contributed by atoms with Gasteiger partial charge in [0.2, 0.25) is 0 Å². The van der Waals surface area contributed by atoms with Gasteiger partial charge in [0.15, 0.2) is 11.6 Å². The van der Waals surface area contributed by atoms with E-state index in [1.54, 1.807) is 31.4 Å². The number of ether oxygens (including phenoxy) is 1. The average molecular weight is 379 g/mol. The van der Waals surface area contributed by atoms with Gasteiger partial charge in [-0.15, -0.1) is 0 Å². The van der Waals surface area contributed by atoms with E-state index in [2.05, 4.69) is 19.9 Å². The summed E-state index contributed by atoms with van der Waals surface area (Å²) in [5.41, 5.74) is 2.06. The van der Waals surface area contributed by atoms with Crippen LogP contribution in [0.2, 0.25) is 0 Å². The molecular formula is C21H22FN5O. The molecule has 0 unspecified atom stereocenters. The first-order valence-corrected chi connectivity index (χ1v) is 9.27. The topological polar surface area (TPSA) is 54.4 Å². The van der Waals surface area contributed by atoms with Crippen LogP contribution in [-0.4, -0.2) is 53.1 Å². The Labute approximate surface area is 163 Å². The van der Waals surface area contributed by atoms with Crippen LogP contribution >= 0.6 is 0 Å². The zero-order chi connectivity index (χ0) is 19.3. The summed E-state index contributed by atoms with van der Waals surface area (Å²) in [6, 6.07) is 13.1. The molecular weight excluding hydrogens is 357 g/mol. The molecule has 3 aromatic rings. The number of rotatable bonds is 5. The lowest BCUT2D eigenvalue weighted by atomic mass is 10.1. The second-order valence-corrected chi connectivity index (χ2v) is 6.67. The van der Waals surface area contributed by atoms with Crippen LogP contribution in [0.4, 0.5) is 10.2 Å². The Morgan fingerprint density at radius 1 is 0.964 bits per heavy atom. The van der Waals surface area contributed by atoms with Gasteiger partial charge in [-0.2, -0.15) is 0 Å². The molecule has 0 N–H and O–H groups in total. The third-order valence-corrected chi connectivity index (χ3v) is 4.92. The van der Waals surface area contributed by atoms with Crippen molar-refractivity contribution in [3.05, 3.63) is 66.5 Å². The van der Waals surface area contributed by atoms with Gasteiger partial charge < -0.3 is 9.64 Å². The number of halogens is 1. The van der Waals surface area contributed by atoms with Gasteiger partial charge in [0.05, 0.1) is 12.8 Å². The fraction of sp³-hybridized carbons (Fsp3) is 0.286. The molecule has 6 nitrogen and oxygen atoms in total. The van der Waals surface area contributed by atoms with Crippen LogP contribution in [0.3, 0.4) is 0 Å². The van der Waals surface area contributed by atoms with Crippen molar-refractivity contribution in [2.45, 2.75) is 6.54 Å². The molecule has 1 aliphatic heterocycles. The molecule has 0 amide bonds. The van der Waals surface area contributed by atoms with E-state index in [-0.39, 0.29) is 5.82 Å². The quantitative estimate of drug-likeness (QED) is 0.679. The monoisotopic (exact) mass is 379 g/mol. The maximum absolute atomic E-state index is 15.1. The second-order valence-electron chi connectivity index (χ2n) is 6.67. The minimum absolute atomic E-state index is 0.309. The van der Waals surface area contributed by atoms with Gasteiger partial charge >= 0.3 is 0 Å². The molecule has 1 fully saturated rings. The highest BCUT2D eigenvalue weighted by Gasteiger charge is 2.23. The zero-order valence-electron chi connectivity index (χ0n) is 15.8. The van der Waals surface area contributed by atoms with Crippen LogP contribution in [0.1, 0.15) is 5.69 Å². The Morgan fingerprint density at radius 2 is 1.75 bits per heavy atom. The molecule has 0 atom stereocenters. The van der Waals surface area contributed by atoms with E-state index in [0.29, 0.717) is 30.2 Å². The SMILES string of the molecule is COc1ccc(-c2ncnc(N3CCN(Cc4ccccn4)CC3)c2F)cc1. The van der Waals surface area contributed by atoms with Gasteiger partial charge in [0, 0.05) is 44.5 Å². The number of nitrogens with zero attached hydrogens (tertiary/aromatic N) is 5. The average Bonchev–Trinajstić information content (AvgIpc) is 2.75. The van der Waals surface area contributed by atoms with Gasteiger partial charge in [-0.1, -0.05) is 6.07 Å². The van der Waals surface area contributed by atoms with E-state index in [0.717, 1.165) is 31.1 Å². The molecule has 0 aliphatic carbocycles. The maximum atomic E-state index is 15.1. The van der Waals surface area contributed by atoms with Gasteiger partial charge in [-0.3, -0.25) is 9.88 Å². The molecule has 0 spiro atoms. The van der Waals surface area contributed by atoms with E-state index in [1.807, 2.05) is 29.3 Å². The molecule has 144 valence electrons. The first kappa shape index (κ1) is 18.3. The Hall–Kier alpha value is -3.06. The summed E-state index contributed by atoms with van der Waals surface area (Å²) in [6.45, 7) is 3.89. The van der Waals surface area contributed by atoms with Crippen molar-refractivity contribution in [2.75, 3.05) is 38.2 Å². The summed E-state index contributed by atoms with van der Waals surface area (Å²) in [5, 5.41) is 0. The number of anilines is 1. The van der Waals surface area contributed by atoms with Crippen molar-refractivity contribution in [1.82, 2.24) is 19.9 Å². The first-order chi connectivity index (χ1) is 13.7. The second kappa shape index (κ2) is 8.31. The number of methoxy groups -OCH3 is 1. The van der Waals surface area contributed by atoms with Crippen LogP contribution in [0, 0.1) is 5.82 Å². The van der Waals surface area contributed by atoms with Crippen LogP contribution in [0.5, 0.6) is 5.75 Å². The Kier molecular flexibility index (Phi) is 5.43. The molecule has 3 heterocycles. The molecule has 28 heavy (non-hydrogen) atoms. The predicted molar refractivity (Wildman–Crippen MR) is 106 cm³/mol. The highest BCUT2D eigenvalue weighted by molar-refractivity contribution is 5.64. The Balaban J connectivity index is 1.46. The zero-order valence-corrected chi connectivity index (χ0v) is 15.8. The van der Waals surface area contributed by atoms with Gasteiger partial charge in [-0.25, -0.2) is 14.4 Å². The number of hydrogen-bond acceptors (Lipinski definition) is 6. The highest BCUT2D eigenvalue weighted by atomic mass is 19.1. The van der Waals surface area contributed by atoms with Crippen molar-refractivity contribution in [3.63, 3.8) is 0 Å². The number of benzene rings is 1. The summed E-state index contributed by atoms with van der Waals surface area (Å²) < 4.78 is 20.3. The van der Waals surface area contributed by atoms with E-state index >= 15 is 4.39 Å². The van der Waals surface area contributed by atoms with Gasteiger partial charge in [0.1, 0.15) is 17.8 Å². The summed E-state index contributed by atoms with van der Waals surface area (Å²) in [7, 11) is 1.60. The minimum atomic E-state index is -0.383. The van der Waals surface area contributed by atoms with Crippen molar-refractivity contribution in [3.8, 4) is 17.0 Å². The van der Waals surface area contributed by atoms with E-state index in [1.165, 1.54) is 6.33 Å². The molecule has 1 aromatic carbocycles. The Morgan fingerprint density at radius 3 is 2.43 bits per heavy atom. The van der Waals surface area contributed by atoms with Gasteiger partial charge in [-0.05, 0) is 36.4 Å². The fourth-order valence-corrected chi connectivity index (χ4v) is 3.37. The number of piperazine rings is 1. The van der Waals surface area contributed by atoms with E-state index < -0.39 is 0 Å². The van der Waals surface area contributed by atoms with Gasteiger partial charge in [0.25, 0.3) is 0 Å². The van der Waals surface area contributed by atoms with Crippen LogP contribution in [-0.2, 0) is 6.54 Å². The standard InChI is InChI=1S/C21H22FN5O/c1-28-18-7-5-16(6-8-18)20-19(22)21(25-15-24-20)27-12-10-26(11-13-27)14-17-4-2-3-9-23-17/h2-9,15H,10-14H2,1H3. The van der Waals surface area contributed by atoms with Crippen molar-refractivity contribution in [2.24, 2.45) is 0 Å². The third-order valence-electron chi connectivity index (χ3n) is 4.92. The molecule has 0 saturated carbocycles. The van der Waals surface area contributed by atoms with Crippen LogP contribution < -0.4 is 9.64 Å². The largest absolute Gasteiger partial charge is 0.497 e. The van der Waals surface area contributed by atoms with E-state index in [4.69, 9.17) is 4.74 Å². The third kappa shape index (κ3) is 3.94. The normalized spacial score (nSPS) is 14.9. The molecule has 1 aliphatic rings. The van der Waals surface area contributed by atoms with Crippen LogP contribution in [0.15, 0.2) is 55.0 Å². The summed E-state index contributed by atoms with van der Waals surface area (Å²) >= 11 is 0. The maximum Gasteiger partial charge on any atom is 0.191 e. The number of hydrogen-bond donors (Lipinski definition) is 0. The molecule has 4 rings (SSSR count). The van der Waals surface area contributed by atoms with Crippen molar-refractivity contribution in [1.29, 1.82) is 0 Å². The number of pyridine rings is 1. The smallest absolute Gasteiger partial charge is 0.191 e. The first-order valence-electron chi connectivity index (χ1n) is 9.27. The van der Waals surface area contributed by atoms with Crippen molar-refractivity contribution < 1.29 is 9.13 Å². The van der Waals surface area contributed by atoms with Crippen molar-refractivity contribution >= 4 is 5.82 Å². The summed E-state index contributed by atoms with van der Waals surface area (Å²) in [6.07, 6.45) is 3.24. The summed E-state index contributed by atoms with van der Waals surface area (Å²) in [4.78, 5) is 17.1. The van der Waals surface area contributed by atoms with Crippen LogP contribution in [0.25, 0.3) is 11.3 Å². The summed E-state index contributed by atoms with van der Waals surface area (Å²) in [5.74, 6) is 0.701. The number of aromatic nitrogens is 3. The predicted octanol–water partition coefficient (Wildman–Crippen LogP) is 3.01. The molecule has 1 saturated heterocycles. The molecule has 7 heteroatoms. The molecule has 0 bridgehead atoms. The lowest BCUT2D eigenvalue weighted by Gasteiger charge is -2.35. The highest BCUT2D eigenvalue weighted by Crippen LogP contribution is 2.28. The van der Waals surface area contributed by atoms with E-state index in [9.17, 15) is 0 Å².